The van der Waals surface area contributed by atoms with E-state index in [1.165, 1.54) is 25.7 Å². The molecule has 0 heterocycles. The van der Waals surface area contributed by atoms with Gasteiger partial charge in [-0.2, -0.15) is 0 Å². The summed E-state index contributed by atoms with van der Waals surface area (Å²) in [7, 11) is 0. The van der Waals surface area contributed by atoms with E-state index in [9.17, 15) is 0 Å². The van der Waals surface area contributed by atoms with Gasteiger partial charge in [-0.15, -0.1) is 23.2 Å². The van der Waals surface area contributed by atoms with Crippen molar-refractivity contribution in [2.24, 2.45) is 23.7 Å². The predicted octanol–water partition coefficient (Wildman–Crippen LogP) is 4.54. The van der Waals surface area contributed by atoms with Crippen molar-refractivity contribution in [2.75, 3.05) is 11.8 Å². The van der Waals surface area contributed by atoms with E-state index in [0.717, 1.165) is 29.5 Å². The summed E-state index contributed by atoms with van der Waals surface area (Å²) in [5.41, 5.74) is 0. The number of alkyl halides is 2. The first-order valence-electron chi connectivity index (χ1n) is 5.81. The minimum Gasteiger partial charge on any atom is -0.126 e. The number of halogens is 2. The molecule has 2 heteroatoms. The van der Waals surface area contributed by atoms with Crippen LogP contribution < -0.4 is 0 Å². The smallest absolute Gasteiger partial charge is 0.0265 e. The van der Waals surface area contributed by atoms with Crippen LogP contribution >= 0.6 is 23.2 Å². The summed E-state index contributed by atoms with van der Waals surface area (Å²) in [6.45, 7) is 4.68. The van der Waals surface area contributed by atoms with E-state index < -0.39 is 0 Å². The van der Waals surface area contributed by atoms with E-state index in [1.807, 2.05) is 0 Å². The third-order valence-corrected chi connectivity index (χ3v) is 4.62. The Bertz CT molecular complexity index is 144. The molecule has 0 aliphatic heterocycles. The molecule has 84 valence electrons. The van der Waals surface area contributed by atoms with E-state index >= 15 is 0 Å². The van der Waals surface area contributed by atoms with Gasteiger partial charge in [0.05, 0.1) is 0 Å². The van der Waals surface area contributed by atoms with Crippen LogP contribution in [0.4, 0.5) is 0 Å². The van der Waals surface area contributed by atoms with Crippen molar-refractivity contribution >= 4 is 23.2 Å². The van der Waals surface area contributed by atoms with Crippen LogP contribution in [-0.2, 0) is 0 Å². The predicted molar refractivity (Wildman–Crippen MR) is 65.2 cm³/mol. The summed E-state index contributed by atoms with van der Waals surface area (Å²) >= 11 is 11.8. The van der Waals surface area contributed by atoms with Gasteiger partial charge in [-0.3, -0.25) is 0 Å². The fourth-order valence-electron chi connectivity index (χ4n) is 2.58. The molecule has 0 N–H and O–H groups in total. The highest BCUT2D eigenvalue weighted by Gasteiger charge is 2.27. The summed E-state index contributed by atoms with van der Waals surface area (Å²) < 4.78 is 0. The summed E-state index contributed by atoms with van der Waals surface area (Å²) in [5, 5.41) is 0. The molecule has 1 aliphatic rings. The molecule has 1 aliphatic carbocycles. The van der Waals surface area contributed by atoms with Gasteiger partial charge < -0.3 is 0 Å². The fraction of sp³-hybridized carbons (Fsp3) is 1.00. The molecule has 1 fully saturated rings. The number of rotatable bonds is 4. The van der Waals surface area contributed by atoms with Gasteiger partial charge in [-0.25, -0.2) is 0 Å². The van der Waals surface area contributed by atoms with Gasteiger partial charge in [-0.1, -0.05) is 13.8 Å². The van der Waals surface area contributed by atoms with Crippen LogP contribution in [0, 0.1) is 23.7 Å². The molecule has 0 unspecified atom stereocenters. The maximum absolute atomic E-state index is 5.92. The molecule has 0 saturated heterocycles. The fourth-order valence-corrected chi connectivity index (χ4v) is 3.41. The quantitative estimate of drug-likeness (QED) is 0.629. The Morgan fingerprint density at radius 3 is 1.71 bits per heavy atom. The highest BCUT2D eigenvalue weighted by molar-refractivity contribution is 6.20. The Morgan fingerprint density at radius 2 is 1.36 bits per heavy atom. The molecule has 0 radical (unpaired) electrons. The lowest BCUT2D eigenvalue weighted by molar-refractivity contribution is 0.192. The zero-order chi connectivity index (χ0) is 10.6. The van der Waals surface area contributed by atoms with E-state index in [-0.39, 0.29) is 0 Å². The van der Waals surface area contributed by atoms with Gasteiger partial charge in [0.15, 0.2) is 0 Å². The molecular formula is C12H22Cl2. The van der Waals surface area contributed by atoms with Crippen LogP contribution in [0.3, 0.4) is 0 Å². The van der Waals surface area contributed by atoms with Crippen molar-refractivity contribution in [2.45, 2.75) is 39.5 Å². The van der Waals surface area contributed by atoms with Crippen LogP contribution in [0.1, 0.15) is 39.5 Å². The van der Waals surface area contributed by atoms with Gasteiger partial charge in [0.2, 0.25) is 0 Å². The van der Waals surface area contributed by atoms with Crippen molar-refractivity contribution < 1.29 is 0 Å². The van der Waals surface area contributed by atoms with Crippen molar-refractivity contribution in [3.8, 4) is 0 Å². The topological polar surface area (TPSA) is 0 Å². The second-order valence-electron chi connectivity index (χ2n) is 4.99. The largest absolute Gasteiger partial charge is 0.126 e. The normalized spacial score (nSPS) is 28.7. The number of hydrogen-bond donors (Lipinski definition) is 0. The van der Waals surface area contributed by atoms with E-state index in [4.69, 9.17) is 23.2 Å². The molecule has 0 aromatic heterocycles. The molecule has 1 rings (SSSR count). The molecular weight excluding hydrogens is 215 g/mol. The maximum Gasteiger partial charge on any atom is 0.0265 e. The Labute approximate surface area is 98.4 Å². The van der Waals surface area contributed by atoms with Gasteiger partial charge >= 0.3 is 0 Å². The zero-order valence-electron chi connectivity index (χ0n) is 9.31. The van der Waals surface area contributed by atoms with Crippen LogP contribution in [-0.4, -0.2) is 11.8 Å². The van der Waals surface area contributed by atoms with Crippen LogP contribution in [0.25, 0.3) is 0 Å². The lowest BCUT2D eigenvalue weighted by atomic mass is 9.73. The maximum atomic E-state index is 5.92. The minimum absolute atomic E-state index is 0.548. The lowest BCUT2D eigenvalue weighted by Gasteiger charge is -2.34. The Hall–Kier alpha value is 0.580. The highest BCUT2D eigenvalue weighted by Crippen LogP contribution is 2.37. The SMILES string of the molecule is CC(C)C1CCC(C(CCl)CCl)CC1. The Kier molecular flexibility index (Phi) is 5.62. The molecule has 0 aromatic rings. The van der Waals surface area contributed by atoms with Crippen molar-refractivity contribution in [1.82, 2.24) is 0 Å². The van der Waals surface area contributed by atoms with E-state index in [2.05, 4.69) is 13.8 Å². The monoisotopic (exact) mass is 236 g/mol. The molecule has 14 heavy (non-hydrogen) atoms. The molecule has 0 nitrogen and oxygen atoms in total. The third kappa shape index (κ3) is 3.31. The van der Waals surface area contributed by atoms with Crippen LogP contribution in [0.2, 0.25) is 0 Å². The standard InChI is InChI=1S/C12H22Cl2/c1-9(2)10-3-5-11(6-4-10)12(7-13)8-14/h9-12H,3-8H2,1-2H3. The first kappa shape index (κ1) is 12.6. The first-order valence-corrected chi connectivity index (χ1v) is 6.87. The Balaban J connectivity index is 2.34. The Morgan fingerprint density at radius 1 is 0.929 bits per heavy atom. The van der Waals surface area contributed by atoms with Crippen LogP contribution in [0.15, 0.2) is 0 Å². The molecule has 1 saturated carbocycles. The minimum atomic E-state index is 0.548. The molecule has 0 spiro atoms. The molecule has 0 aromatic carbocycles. The summed E-state index contributed by atoms with van der Waals surface area (Å²) in [6.07, 6.45) is 5.44. The summed E-state index contributed by atoms with van der Waals surface area (Å²) in [5.74, 6) is 4.60. The summed E-state index contributed by atoms with van der Waals surface area (Å²) in [6, 6.07) is 0. The third-order valence-electron chi connectivity index (χ3n) is 3.82. The van der Waals surface area contributed by atoms with Crippen molar-refractivity contribution in [3.05, 3.63) is 0 Å². The highest BCUT2D eigenvalue weighted by atomic mass is 35.5. The zero-order valence-corrected chi connectivity index (χ0v) is 10.8. The molecule has 0 bridgehead atoms. The van der Waals surface area contributed by atoms with Gasteiger partial charge in [-0.05, 0) is 49.4 Å². The van der Waals surface area contributed by atoms with E-state index in [0.29, 0.717) is 5.92 Å². The first-order chi connectivity index (χ1) is 6.69. The van der Waals surface area contributed by atoms with Gasteiger partial charge in [0.25, 0.3) is 0 Å². The average molecular weight is 237 g/mol. The second-order valence-corrected chi connectivity index (χ2v) is 5.60. The van der Waals surface area contributed by atoms with Crippen molar-refractivity contribution in [1.29, 1.82) is 0 Å². The number of hydrogen-bond acceptors (Lipinski definition) is 0. The molecule has 0 amide bonds. The van der Waals surface area contributed by atoms with Gasteiger partial charge in [0, 0.05) is 11.8 Å². The molecule has 0 atom stereocenters. The van der Waals surface area contributed by atoms with E-state index in [1.54, 1.807) is 0 Å². The van der Waals surface area contributed by atoms with Gasteiger partial charge in [0.1, 0.15) is 0 Å². The average Bonchev–Trinajstić information content (AvgIpc) is 2.20. The van der Waals surface area contributed by atoms with Crippen LogP contribution in [0.5, 0.6) is 0 Å². The second kappa shape index (κ2) is 6.23. The van der Waals surface area contributed by atoms with Crippen molar-refractivity contribution in [3.63, 3.8) is 0 Å². The summed E-state index contributed by atoms with van der Waals surface area (Å²) in [4.78, 5) is 0. The lowest BCUT2D eigenvalue weighted by Crippen LogP contribution is -2.25.